The highest BCUT2D eigenvalue weighted by molar-refractivity contribution is 5.70. The minimum atomic E-state index is 0.474. The van der Waals surface area contributed by atoms with Crippen molar-refractivity contribution in [3.8, 4) is 5.75 Å². The van der Waals surface area contributed by atoms with Crippen molar-refractivity contribution < 1.29 is 14.2 Å². The molecular formula is C21H26NO3. The third-order valence-electron chi connectivity index (χ3n) is 3.56. The van der Waals surface area contributed by atoms with Gasteiger partial charge in [-0.2, -0.15) is 0 Å². The van der Waals surface area contributed by atoms with Crippen LogP contribution in [0.1, 0.15) is 11.1 Å². The van der Waals surface area contributed by atoms with Crippen LogP contribution in [0.5, 0.6) is 5.75 Å². The van der Waals surface area contributed by atoms with Gasteiger partial charge in [0.25, 0.3) is 0 Å². The van der Waals surface area contributed by atoms with Crippen LogP contribution in [0.2, 0.25) is 0 Å². The number of ether oxygens (including phenoxy) is 3. The zero-order valence-corrected chi connectivity index (χ0v) is 14.7. The second-order valence-corrected chi connectivity index (χ2v) is 5.35. The Hall–Kier alpha value is -2.30. The van der Waals surface area contributed by atoms with Crippen molar-refractivity contribution >= 4 is 17.8 Å². The first-order valence-electron chi connectivity index (χ1n) is 8.45. The third-order valence-corrected chi connectivity index (χ3v) is 3.56. The fraction of sp³-hybridized carbons (Fsp3) is 0.286. The maximum absolute atomic E-state index is 5.65. The largest absolute Gasteiger partial charge is 0.491 e. The van der Waals surface area contributed by atoms with Gasteiger partial charge in [-0.1, -0.05) is 36.4 Å². The van der Waals surface area contributed by atoms with E-state index >= 15 is 0 Å². The summed E-state index contributed by atoms with van der Waals surface area (Å²) in [5.41, 5.74) is 3.41. The van der Waals surface area contributed by atoms with Crippen molar-refractivity contribution in [2.75, 3.05) is 45.4 Å². The molecule has 0 aliphatic carbocycles. The molecule has 4 nitrogen and oxygen atoms in total. The van der Waals surface area contributed by atoms with Crippen molar-refractivity contribution in [3.05, 3.63) is 66.6 Å². The van der Waals surface area contributed by atoms with E-state index < -0.39 is 0 Å². The molecule has 0 saturated carbocycles. The molecule has 2 aromatic rings. The lowest BCUT2D eigenvalue weighted by Gasteiger charge is -2.07. The van der Waals surface area contributed by atoms with Gasteiger partial charge in [0, 0.05) is 19.3 Å². The molecule has 0 aromatic heterocycles. The van der Waals surface area contributed by atoms with Crippen LogP contribution in [-0.2, 0) is 9.47 Å². The van der Waals surface area contributed by atoms with Gasteiger partial charge in [0.2, 0.25) is 0 Å². The molecule has 133 valence electrons. The molecule has 0 atom stereocenters. The van der Waals surface area contributed by atoms with Crippen molar-refractivity contribution in [3.63, 3.8) is 0 Å². The van der Waals surface area contributed by atoms with Crippen molar-refractivity contribution in [2.24, 2.45) is 0 Å². The van der Waals surface area contributed by atoms with Crippen LogP contribution >= 0.6 is 0 Å². The molecule has 0 heterocycles. The molecule has 0 spiro atoms. The van der Waals surface area contributed by atoms with E-state index in [4.69, 9.17) is 14.2 Å². The Morgan fingerprint density at radius 2 is 1.36 bits per heavy atom. The van der Waals surface area contributed by atoms with Crippen LogP contribution in [0.4, 0.5) is 5.69 Å². The first-order chi connectivity index (χ1) is 12.3. The maximum Gasteiger partial charge on any atom is 0.119 e. The summed E-state index contributed by atoms with van der Waals surface area (Å²) in [5.74, 6) is 0.841. The van der Waals surface area contributed by atoms with Crippen molar-refractivity contribution in [2.45, 2.75) is 0 Å². The predicted octanol–water partition coefficient (Wildman–Crippen LogP) is 4.14. The van der Waals surface area contributed by atoms with Crippen LogP contribution in [0, 0.1) is 6.92 Å². The van der Waals surface area contributed by atoms with Crippen molar-refractivity contribution in [1.29, 1.82) is 0 Å². The van der Waals surface area contributed by atoms with Gasteiger partial charge in [-0.15, -0.1) is 0 Å². The minimum absolute atomic E-state index is 0.474. The maximum atomic E-state index is 5.65. The summed E-state index contributed by atoms with van der Waals surface area (Å²) in [6, 6.07) is 16.3. The standard InChI is InChI=1S/C21H26NO3/c1-3-23-14-15-24-16-17-25-21-12-8-19(9-13-21)5-4-18-6-10-20(22-2)11-7-18/h4-13,22H,1,3,14-17H2,2H3/b5-4+. The molecule has 4 heteroatoms. The summed E-state index contributed by atoms with van der Waals surface area (Å²) in [4.78, 5) is 0. The van der Waals surface area contributed by atoms with Crippen LogP contribution in [0.25, 0.3) is 12.2 Å². The fourth-order valence-corrected chi connectivity index (χ4v) is 2.17. The van der Waals surface area contributed by atoms with Gasteiger partial charge in [0.05, 0.1) is 19.8 Å². The van der Waals surface area contributed by atoms with Crippen molar-refractivity contribution in [1.82, 2.24) is 0 Å². The van der Waals surface area contributed by atoms with E-state index in [1.807, 2.05) is 31.3 Å². The van der Waals surface area contributed by atoms with E-state index in [1.165, 1.54) is 5.56 Å². The number of benzene rings is 2. The minimum Gasteiger partial charge on any atom is -0.491 e. The predicted molar refractivity (Wildman–Crippen MR) is 104 cm³/mol. The first-order valence-corrected chi connectivity index (χ1v) is 8.45. The van der Waals surface area contributed by atoms with Gasteiger partial charge in [0.1, 0.15) is 12.4 Å². The Labute approximate surface area is 150 Å². The van der Waals surface area contributed by atoms with Gasteiger partial charge in [-0.05, 0) is 42.3 Å². The monoisotopic (exact) mass is 340 g/mol. The molecule has 2 rings (SSSR count). The van der Waals surface area contributed by atoms with Crippen LogP contribution < -0.4 is 10.1 Å². The fourth-order valence-electron chi connectivity index (χ4n) is 2.17. The molecule has 1 N–H and O–H groups in total. The van der Waals surface area contributed by atoms with Gasteiger partial charge in [-0.25, -0.2) is 0 Å². The van der Waals surface area contributed by atoms with E-state index in [0.717, 1.165) is 17.0 Å². The number of hydrogen-bond donors (Lipinski definition) is 1. The van der Waals surface area contributed by atoms with E-state index in [-0.39, 0.29) is 0 Å². The van der Waals surface area contributed by atoms with E-state index in [1.54, 1.807) is 0 Å². The summed E-state index contributed by atoms with van der Waals surface area (Å²) in [7, 11) is 1.92. The Balaban J connectivity index is 1.72. The molecule has 25 heavy (non-hydrogen) atoms. The molecule has 0 bridgehead atoms. The van der Waals surface area contributed by atoms with Crippen LogP contribution in [-0.4, -0.2) is 40.1 Å². The van der Waals surface area contributed by atoms with Gasteiger partial charge >= 0.3 is 0 Å². The van der Waals surface area contributed by atoms with E-state index in [9.17, 15) is 0 Å². The highest BCUT2D eigenvalue weighted by Gasteiger charge is 1.95. The molecule has 0 unspecified atom stereocenters. The molecule has 2 aromatic carbocycles. The average molecular weight is 340 g/mol. The number of anilines is 1. The summed E-state index contributed by atoms with van der Waals surface area (Å²) >= 11 is 0. The molecule has 0 saturated heterocycles. The average Bonchev–Trinajstić information content (AvgIpc) is 2.67. The molecule has 0 aliphatic rings. The molecule has 1 radical (unpaired) electrons. The number of nitrogens with one attached hydrogen (secondary N) is 1. The summed E-state index contributed by atoms with van der Waals surface area (Å²) in [5, 5.41) is 3.11. The summed E-state index contributed by atoms with van der Waals surface area (Å²) < 4.78 is 16.1. The zero-order valence-electron chi connectivity index (χ0n) is 14.7. The van der Waals surface area contributed by atoms with Crippen LogP contribution in [0.15, 0.2) is 48.5 Å². The van der Waals surface area contributed by atoms with Crippen LogP contribution in [0.3, 0.4) is 0 Å². The highest BCUT2D eigenvalue weighted by atomic mass is 16.5. The number of hydrogen-bond acceptors (Lipinski definition) is 4. The molecular weight excluding hydrogens is 314 g/mol. The summed E-state index contributed by atoms with van der Waals surface area (Å²) in [6.07, 6.45) is 4.18. The highest BCUT2D eigenvalue weighted by Crippen LogP contribution is 2.15. The first kappa shape index (κ1) is 19.0. The van der Waals surface area contributed by atoms with E-state index in [2.05, 4.69) is 48.7 Å². The number of rotatable bonds is 11. The molecule has 0 aliphatic heterocycles. The smallest absolute Gasteiger partial charge is 0.119 e. The normalized spacial score (nSPS) is 11.0. The Morgan fingerprint density at radius 3 is 1.96 bits per heavy atom. The summed E-state index contributed by atoms with van der Waals surface area (Å²) in [6.45, 7) is 6.28. The zero-order chi connectivity index (χ0) is 17.7. The lowest BCUT2D eigenvalue weighted by atomic mass is 10.1. The van der Waals surface area contributed by atoms with E-state index in [0.29, 0.717) is 33.0 Å². The second-order valence-electron chi connectivity index (χ2n) is 5.35. The Bertz CT molecular complexity index is 621. The third kappa shape index (κ3) is 7.42. The quantitative estimate of drug-likeness (QED) is 0.493. The van der Waals surface area contributed by atoms with Gasteiger partial charge < -0.3 is 19.5 Å². The Morgan fingerprint density at radius 1 is 0.800 bits per heavy atom. The Kier molecular flexibility index (Phi) is 8.59. The molecule has 0 amide bonds. The van der Waals surface area contributed by atoms with Gasteiger partial charge in [0.15, 0.2) is 0 Å². The second kappa shape index (κ2) is 11.3. The topological polar surface area (TPSA) is 39.7 Å². The SMILES string of the molecule is [CH2]COCCOCCOc1ccc(/C=C/c2ccc(NC)cc2)cc1. The van der Waals surface area contributed by atoms with Gasteiger partial charge in [-0.3, -0.25) is 0 Å². The lowest BCUT2D eigenvalue weighted by Crippen LogP contribution is -2.10. The molecule has 0 fully saturated rings. The lowest BCUT2D eigenvalue weighted by molar-refractivity contribution is 0.0445.